The molecule has 7 heteroatoms. The lowest BCUT2D eigenvalue weighted by molar-refractivity contribution is 0.0464. The van der Waals surface area contributed by atoms with Gasteiger partial charge in [-0.05, 0) is 32.4 Å². The van der Waals surface area contributed by atoms with E-state index in [1.807, 2.05) is 48.5 Å². The zero-order chi connectivity index (χ0) is 22.3. The number of benzene rings is 2. The van der Waals surface area contributed by atoms with E-state index in [4.69, 9.17) is 14.2 Å². The third-order valence-corrected chi connectivity index (χ3v) is 4.19. The molecule has 0 saturated heterocycles. The summed E-state index contributed by atoms with van der Waals surface area (Å²) in [6.45, 7) is 5.86. The van der Waals surface area contributed by atoms with Crippen molar-refractivity contribution in [2.45, 2.75) is 33.0 Å². The monoisotopic (exact) mass is 422 g/mol. The van der Waals surface area contributed by atoms with E-state index in [1.54, 1.807) is 26.8 Å². The number of carbonyl (C=O) groups excluding carboxylic acids is 2. The molecule has 0 unspecified atom stereocenters. The Hall–Kier alpha value is -3.61. The molecule has 3 aromatic rings. The van der Waals surface area contributed by atoms with E-state index in [0.717, 1.165) is 5.56 Å². The van der Waals surface area contributed by atoms with Gasteiger partial charge in [0.2, 0.25) is 0 Å². The fourth-order valence-corrected chi connectivity index (χ4v) is 2.87. The summed E-state index contributed by atoms with van der Waals surface area (Å²) in [4.78, 5) is 29.1. The van der Waals surface area contributed by atoms with Crippen LogP contribution >= 0.6 is 0 Å². The number of pyridine rings is 1. The van der Waals surface area contributed by atoms with Crippen LogP contribution in [0.2, 0.25) is 0 Å². The van der Waals surface area contributed by atoms with E-state index in [2.05, 4.69) is 10.3 Å². The van der Waals surface area contributed by atoms with E-state index < -0.39 is 17.7 Å². The third-order valence-electron chi connectivity index (χ3n) is 4.19. The Balaban J connectivity index is 1.70. The van der Waals surface area contributed by atoms with Gasteiger partial charge in [0.25, 0.3) is 0 Å². The molecule has 31 heavy (non-hydrogen) atoms. The highest BCUT2D eigenvalue weighted by Gasteiger charge is 2.20. The van der Waals surface area contributed by atoms with Crippen molar-refractivity contribution in [2.75, 3.05) is 13.2 Å². The normalized spacial score (nSPS) is 11.1. The first-order chi connectivity index (χ1) is 14.8. The number of amides is 1. The summed E-state index contributed by atoms with van der Waals surface area (Å²) in [6.07, 6.45) is 0.963. The average molecular weight is 422 g/mol. The predicted molar refractivity (Wildman–Crippen MR) is 117 cm³/mol. The van der Waals surface area contributed by atoms with Crippen LogP contribution in [0.5, 0.6) is 5.75 Å². The molecule has 0 aliphatic heterocycles. The number of aromatic nitrogens is 1. The first kappa shape index (κ1) is 22.1. The Kier molecular flexibility index (Phi) is 7.07. The van der Waals surface area contributed by atoms with Gasteiger partial charge in [0.15, 0.2) is 5.75 Å². The van der Waals surface area contributed by atoms with E-state index >= 15 is 0 Å². The third kappa shape index (κ3) is 6.44. The summed E-state index contributed by atoms with van der Waals surface area (Å²) in [7, 11) is 0. The number of rotatable bonds is 7. The van der Waals surface area contributed by atoms with Crippen LogP contribution in [-0.4, -0.2) is 35.8 Å². The van der Waals surface area contributed by atoms with E-state index in [1.165, 1.54) is 6.20 Å². The molecular weight excluding hydrogens is 396 g/mol. The van der Waals surface area contributed by atoms with Gasteiger partial charge in [-0.2, -0.15) is 0 Å². The zero-order valence-corrected chi connectivity index (χ0v) is 17.9. The average Bonchev–Trinajstić information content (AvgIpc) is 2.74. The molecule has 1 aromatic heterocycles. The van der Waals surface area contributed by atoms with Crippen LogP contribution in [0.4, 0.5) is 4.79 Å². The number of alkyl carbamates (subject to hydrolysis) is 1. The molecular formula is C24H26N2O5. The van der Waals surface area contributed by atoms with Crippen molar-refractivity contribution in [1.29, 1.82) is 0 Å². The Labute approximate surface area is 181 Å². The summed E-state index contributed by atoms with van der Waals surface area (Å²) in [5.41, 5.74) is 1.27. The summed E-state index contributed by atoms with van der Waals surface area (Å²) in [5.74, 6) is -0.208. The number of fused-ring (bicyclic) bond motifs is 1. The number of esters is 1. The number of hydrogen-bond donors (Lipinski definition) is 1. The first-order valence-electron chi connectivity index (χ1n) is 10.0. The summed E-state index contributed by atoms with van der Waals surface area (Å²) in [5, 5.41) is 3.26. The highest BCUT2D eigenvalue weighted by molar-refractivity contribution is 6.05. The first-order valence-corrected chi connectivity index (χ1v) is 10.0. The van der Waals surface area contributed by atoms with Crippen molar-refractivity contribution < 1.29 is 23.8 Å². The smallest absolute Gasteiger partial charge is 0.407 e. The molecule has 0 atom stereocenters. The maximum Gasteiger partial charge on any atom is 0.407 e. The molecule has 0 aliphatic carbocycles. The summed E-state index contributed by atoms with van der Waals surface area (Å²) < 4.78 is 16.5. The van der Waals surface area contributed by atoms with Crippen LogP contribution in [0.3, 0.4) is 0 Å². The second kappa shape index (κ2) is 9.93. The molecule has 0 fully saturated rings. The molecule has 1 N–H and O–H groups in total. The lowest BCUT2D eigenvalue weighted by Gasteiger charge is -2.19. The standard InChI is InChI=1S/C24H26N2O5/c1-24(2,3)31-23(28)25-13-14-29-20-15-26-19-12-8-7-11-18(19)21(20)22(27)30-16-17-9-5-4-6-10-17/h4-12,15H,13-14,16H2,1-3H3,(H,25,28). The zero-order valence-electron chi connectivity index (χ0n) is 17.9. The van der Waals surface area contributed by atoms with Gasteiger partial charge in [-0.15, -0.1) is 0 Å². The van der Waals surface area contributed by atoms with Gasteiger partial charge in [-0.25, -0.2) is 9.59 Å². The topological polar surface area (TPSA) is 86.8 Å². The molecule has 0 radical (unpaired) electrons. The second-order valence-electron chi connectivity index (χ2n) is 7.85. The van der Waals surface area contributed by atoms with E-state index in [9.17, 15) is 9.59 Å². The van der Waals surface area contributed by atoms with Gasteiger partial charge in [-0.3, -0.25) is 4.98 Å². The van der Waals surface area contributed by atoms with Crippen molar-refractivity contribution in [3.05, 3.63) is 71.9 Å². The minimum absolute atomic E-state index is 0.137. The molecule has 7 nitrogen and oxygen atoms in total. The number of ether oxygens (including phenoxy) is 3. The van der Waals surface area contributed by atoms with Gasteiger partial charge < -0.3 is 19.5 Å². The maximum absolute atomic E-state index is 12.9. The van der Waals surface area contributed by atoms with Crippen LogP contribution in [0.25, 0.3) is 10.9 Å². The van der Waals surface area contributed by atoms with Crippen molar-refractivity contribution in [1.82, 2.24) is 10.3 Å². The number of nitrogens with one attached hydrogen (secondary N) is 1. The van der Waals surface area contributed by atoms with Gasteiger partial charge in [-0.1, -0.05) is 48.5 Å². The lowest BCUT2D eigenvalue weighted by atomic mass is 10.1. The number of nitrogens with zero attached hydrogens (tertiary/aromatic N) is 1. The minimum Gasteiger partial charge on any atom is -0.489 e. The van der Waals surface area contributed by atoms with Gasteiger partial charge in [0.05, 0.1) is 18.3 Å². The van der Waals surface area contributed by atoms with E-state index in [0.29, 0.717) is 22.2 Å². The summed E-state index contributed by atoms with van der Waals surface area (Å²) in [6, 6.07) is 16.7. The fraction of sp³-hybridized carbons (Fsp3) is 0.292. The Morgan fingerprint density at radius 1 is 1.00 bits per heavy atom. The molecule has 1 amide bonds. The molecule has 3 rings (SSSR count). The lowest BCUT2D eigenvalue weighted by Crippen LogP contribution is -2.34. The number of hydrogen-bond acceptors (Lipinski definition) is 6. The van der Waals surface area contributed by atoms with Crippen LogP contribution < -0.4 is 10.1 Å². The van der Waals surface area contributed by atoms with Crippen LogP contribution in [0.15, 0.2) is 60.8 Å². The van der Waals surface area contributed by atoms with Crippen molar-refractivity contribution in [3.63, 3.8) is 0 Å². The van der Waals surface area contributed by atoms with Crippen LogP contribution in [0.1, 0.15) is 36.7 Å². The minimum atomic E-state index is -0.580. The van der Waals surface area contributed by atoms with Crippen molar-refractivity contribution in [2.24, 2.45) is 0 Å². The molecule has 0 spiro atoms. The van der Waals surface area contributed by atoms with Crippen LogP contribution in [0, 0.1) is 0 Å². The second-order valence-corrected chi connectivity index (χ2v) is 7.85. The van der Waals surface area contributed by atoms with Crippen LogP contribution in [-0.2, 0) is 16.1 Å². The highest BCUT2D eigenvalue weighted by Crippen LogP contribution is 2.27. The van der Waals surface area contributed by atoms with Gasteiger partial charge in [0.1, 0.15) is 24.4 Å². The molecule has 162 valence electrons. The maximum atomic E-state index is 12.9. The fourth-order valence-electron chi connectivity index (χ4n) is 2.87. The van der Waals surface area contributed by atoms with Crippen molar-refractivity contribution in [3.8, 4) is 5.75 Å². The summed E-state index contributed by atoms with van der Waals surface area (Å²) >= 11 is 0. The number of para-hydroxylation sites is 1. The highest BCUT2D eigenvalue weighted by atomic mass is 16.6. The molecule has 0 bridgehead atoms. The Morgan fingerprint density at radius 2 is 1.71 bits per heavy atom. The van der Waals surface area contributed by atoms with Crippen molar-refractivity contribution >= 4 is 23.0 Å². The Bertz CT molecular complexity index is 1040. The SMILES string of the molecule is CC(C)(C)OC(=O)NCCOc1cnc2ccccc2c1C(=O)OCc1ccccc1. The molecule has 0 aliphatic rings. The van der Waals surface area contributed by atoms with Gasteiger partial charge in [0, 0.05) is 5.39 Å². The molecule has 2 aromatic carbocycles. The van der Waals surface area contributed by atoms with E-state index in [-0.39, 0.29) is 19.8 Å². The quantitative estimate of drug-likeness (QED) is 0.446. The molecule has 1 heterocycles. The van der Waals surface area contributed by atoms with Gasteiger partial charge >= 0.3 is 12.1 Å². The largest absolute Gasteiger partial charge is 0.489 e. The molecule has 0 saturated carbocycles. The number of carbonyl (C=O) groups is 2. The predicted octanol–water partition coefficient (Wildman–Crippen LogP) is 4.50. The Morgan fingerprint density at radius 3 is 2.45 bits per heavy atom.